The molecule has 0 aliphatic carbocycles. The number of carbonyl (C=O) groups excluding carboxylic acids is 1. The molecule has 0 unspecified atom stereocenters. The summed E-state index contributed by atoms with van der Waals surface area (Å²) >= 11 is 1.22. The number of para-hydroxylation sites is 2. The van der Waals surface area contributed by atoms with E-state index in [1.807, 2.05) is 36.4 Å². The second-order valence-electron chi connectivity index (χ2n) is 6.71. The molecule has 0 radical (unpaired) electrons. The monoisotopic (exact) mass is 435 g/mol. The first-order valence-corrected chi connectivity index (χ1v) is 10.7. The average molecular weight is 436 g/mol. The maximum atomic E-state index is 12.9. The molecule has 1 N–H and O–H groups in total. The van der Waals surface area contributed by atoms with Gasteiger partial charge in [0.05, 0.1) is 18.6 Å². The minimum Gasteiger partial charge on any atom is -0.495 e. The number of ether oxygens (including phenoxy) is 1. The number of nitrogens with zero attached hydrogens (tertiary/aromatic N) is 4. The van der Waals surface area contributed by atoms with Gasteiger partial charge in [0, 0.05) is 18.1 Å². The Balaban J connectivity index is 1.52. The van der Waals surface area contributed by atoms with Crippen LogP contribution in [0.1, 0.15) is 12.5 Å². The maximum Gasteiger partial charge on any atom is 0.300 e. The molecule has 158 valence electrons. The van der Waals surface area contributed by atoms with E-state index < -0.39 is 0 Å². The highest BCUT2D eigenvalue weighted by Crippen LogP contribution is 2.22. The molecular weight excluding hydrogens is 414 g/mol. The van der Waals surface area contributed by atoms with Gasteiger partial charge in [-0.2, -0.15) is 0 Å². The summed E-state index contributed by atoms with van der Waals surface area (Å²) in [5.74, 6) is 0.566. The van der Waals surface area contributed by atoms with Crippen molar-refractivity contribution in [3.8, 4) is 11.4 Å². The number of hydrogen-bond acceptors (Lipinski definition) is 6. The lowest BCUT2D eigenvalue weighted by molar-refractivity contribution is -0.113. The number of hydrogen-bond donors (Lipinski definition) is 1. The zero-order valence-corrected chi connectivity index (χ0v) is 17.9. The van der Waals surface area contributed by atoms with Gasteiger partial charge in [-0.1, -0.05) is 43.0 Å². The van der Waals surface area contributed by atoms with Crippen molar-refractivity contribution >= 4 is 29.0 Å². The molecule has 4 rings (SSSR count). The first kappa shape index (κ1) is 20.7. The minimum atomic E-state index is -0.327. The van der Waals surface area contributed by atoms with E-state index in [9.17, 15) is 9.59 Å². The third kappa shape index (κ3) is 4.31. The van der Waals surface area contributed by atoms with E-state index in [1.165, 1.54) is 16.3 Å². The molecule has 0 aliphatic heterocycles. The lowest BCUT2D eigenvalue weighted by atomic mass is 10.1. The molecule has 0 bridgehead atoms. The fourth-order valence-electron chi connectivity index (χ4n) is 3.18. The van der Waals surface area contributed by atoms with Crippen LogP contribution in [0, 0.1) is 0 Å². The van der Waals surface area contributed by atoms with Gasteiger partial charge in [-0.3, -0.25) is 18.6 Å². The van der Waals surface area contributed by atoms with Gasteiger partial charge in [0.2, 0.25) is 11.6 Å². The van der Waals surface area contributed by atoms with Crippen molar-refractivity contribution in [2.45, 2.75) is 18.5 Å². The summed E-state index contributed by atoms with van der Waals surface area (Å²) in [6.07, 6.45) is 4.24. The Kier molecular flexibility index (Phi) is 6.03. The molecule has 2 aromatic carbocycles. The van der Waals surface area contributed by atoms with Crippen LogP contribution in [-0.2, 0) is 11.2 Å². The molecule has 2 heterocycles. The number of nitrogens with one attached hydrogen (secondary N) is 1. The van der Waals surface area contributed by atoms with Crippen molar-refractivity contribution < 1.29 is 9.53 Å². The van der Waals surface area contributed by atoms with Gasteiger partial charge in [0.15, 0.2) is 5.16 Å². The normalized spacial score (nSPS) is 10.9. The third-order valence-electron chi connectivity index (χ3n) is 4.74. The fraction of sp³-hybridized carbons (Fsp3) is 0.182. The maximum absolute atomic E-state index is 12.9. The summed E-state index contributed by atoms with van der Waals surface area (Å²) in [5.41, 5.74) is 2.37. The smallest absolute Gasteiger partial charge is 0.300 e. The predicted molar refractivity (Wildman–Crippen MR) is 120 cm³/mol. The Morgan fingerprint density at radius 3 is 2.77 bits per heavy atom. The summed E-state index contributed by atoms with van der Waals surface area (Å²) in [4.78, 5) is 25.3. The Labute approximate surface area is 182 Å². The van der Waals surface area contributed by atoms with Crippen molar-refractivity contribution in [3.05, 3.63) is 76.8 Å². The second kappa shape index (κ2) is 9.05. The van der Waals surface area contributed by atoms with E-state index in [1.54, 1.807) is 36.0 Å². The minimum absolute atomic E-state index is 0.146. The van der Waals surface area contributed by atoms with Crippen LogP contribution in [0.5, 0.6) is 5.75 Å². The lowest BCUT2D eigenvalue weighted by Crippen LogP contribution is -2.20. The second-order valence-corrected chi connectivity index (χ2v) is 7.65. The Bertz CT molecular complexity index is 1300. The number of anilines is 1. The van der Waals surface area contributed by atoms with E-state index in [0.717, 1.165) is 17.7 Å². The van der Waals surface area contributed by atoms with Crippen molar-refractivity contribution in [1.82, 2.24) is 19.2 Å². The first-order valence-electron chi connectivity index (χ1n) is 9.72. The molecule has 9 heteroatoms. The zero-order valence-electron chi connectivity index (χ0n) is 17.1. The van der Waals surface area contributed by atoms with Crippen LogP contribution >= 0.6 is 11.8 Å². The molecule has 4 aromatic rings. The van der Waals surface area contributed by atoms with Gasteiger partial charge in [-0.25, -0.2) is 0 Å². The molecular formula is C22H21N5O3S. The van der Waals surface area contributed by atoms with Crippen LogP contribution in [0.4, 0.5) is 5.69 Å². The number of amides is 1. The largest absolute Gasteiger partial charge is 0.495 e. The summed E-state index contributed by atoms with van der Waals surface area (Å²) in [6, 6.07) is 15.0. The molecule has 0 saturated carbocycles. The quantitative estimate of drug-likeness (QED) is 0.449. The molecule has 0 spiro atoms. The Morgan fingerprint density at radius 2 is 1.97 bits per heavy atom. The summed E-state index contributed by atoms with van der Waals surface area (Å²) in [6.45, 7) is 2.06. The van der Waals surface area contributed by atoms with Crippen molar-refractivity contribution in [2.75, 3.05) is 18.2 Å². The molecule has 1 amide bonds. The van der Waals surface area contributed by atoms with Gasteiger partial charge >= 0.3 is 5.56 Å². The number of thioether (sulfide) groups is 1. The summed E-state index contributed by atoms with van der Waals surface area (Å²) in [7, 11) is 1.55. The van der Waals surface area contributed by atoms with E-state index >= 15 is 0 Å². The highest BCUT2D eigenvalue weighted by molar-refractivity contribution is 7.99. The standard InChI is InChI=1S/C22H21N5O3S/c1-3-15-7-6-8-16(13-15)23-19(28)14-31-22-25-24-20-21(29)26(11-12-27(20)22)17-9-4-5-10-18(17)30-2/h4-13H,3,14H2,1-2H3,(H,23,28). The Hall–Kier alpha value is -3.59. The van der Waals surface area contributed by atoms with Crippen molar-refractivity contribution in [3.63, 3.8) is 0 Å². The molecule has 31 heavy (non-hydrogen) atoms. The van der Waals surface area contributed by atoms with Crippen molar-refractivity contribution in [2.24, 2.45) is 0 Å². The van der Waals surface area contributed by atoms with E-state index in [-0.39, 0.29) is 22.9 Å². The zero-order chi connectivity index (χ0) is 21.8. The van der Waals surface area contributed by atoms with Crippen LogP contribution in [0.3, 0.4) is 0 Å². The SMILES string of the molecule is CCc1cccc(NC(=O)CSc2nnc3c(=O)n(-c4ccccc4OC)ccn23)c1. The van der Waals surface area contributed by atoms with Gasteiger partial charge in [0.25, 0.3) is 0 Å². The van der Waals surface area contributed by atoms with Crippen LogP contribution in [0.25, 0.3) is 11.3 Å². The number of aryl methyl sites for hydroxylation is 1. The highest BCUT2D eigenvalue weighted by atomic mass is 32.2. The third-order valence-corrected chi connectivity index (χ3v) is 5.68. The van der Waals surface area contributed by atoms with Crippen LogP contribution < -0.4 is 15.6 Å². The van der Waals surface area contributed by atoms with Gasteiger partial charge in [-0.15, -0.1) is 10.2 Å². The molecule has 0 atom stereocenters. The number of fused-ring (bicyclic) bond motifs is 1. The Morgan fingerprint density at radius 1 is 1.13 bits per heavy atom. The number of aromatic nitrogens is 4. The van der Waals surface area contributed by atoms with E-state index in [2.05, 4.69) is 22.4 Å². The van der Waals surface area contributed by atoms with Gasteiger partial charge < -0.3 is 10.1 Å². The van der Waals surface area contributed by atoms with Crippen LogP contribution in [0.15, 0.2) is 70.9 Å². The molecule has 2 aromatic heterocycles. The fourth-order valence-corrected chi connectivity index (χ4v) is 3.90. The number of rotatable bonds is 7. The average Bonchev–Trinajstić information content (AvgIpc) is 3.22. The number of carbonyl (C=O) groups is 1. The van der Waals surface area contributed by atoms with Crippen molar-refractivity contribution in [1.29, 1.82) is 0 Å². The van der Waals surface area contributed by atoms with E-state index in [4.69, 9.17) is 4.74 Å². The van der Waals surface area contributed by atoms with Gasteiger partial charge in [-0.05, 0) is 36.2 Å². The first-order chi connectivity index (χ1) is 15.1. The molecule has 8 nitrogen and oxygen atoms in total. The van der Waals surface area contributed by atoms with E-state index in [0.29, 0.717) is 16.6 Å². The summed E-state index contributed by atoms with van der Waals surface area (Å²) in [5, 5.41) is 11.5. The predicted octanol–water partition coefficient (Wildman–Crippen LogP) is 3.18. The molecule has 0 saturated heterocycles. The number of benzene rings is 2. The summed E-state index contributed by atoms with van der Waals surface area (Å²) < 4.78 is 8.40. The lowest BCUT2D eigenvalue weighted by Gasteiger charge is -2.10. The number of methoxy groups -OCH3 is 1. The molecule has 0 aliphatic rings. The van der Waals surface area contributed by atoms with Crippen LogP contribution in [-0.4, -0.2) is 37.9 Å². The van der Waals surface area contributed by atoms with Gasteiger partial charge in [0.1, 0.15) is 5.75 Å². The topological polar surface area (TPSA) is 90.5 Å². The molecule has 0 fully saturated rings. The van der Waals surface area contributed by atoms with Crippen LogP contribution in [0.2, 0.25) is 0 Å². The highest BCUT2D eigenvalue weighted by Gasteiger charge is 2.15.